The molecule has 4 bridgehead atoms. The SMILES string of the molecule is CN1CCN(CC(=O)C23C[C@H]4C[C@@H](C2)CC(c2ccccc2)(C4)C3)CC1. The van der Waals surface area contributed by atoms with Crippen LogP contribution in [0.2, 0.25) is 0 Å². The maximum absolute atomic E-state index is 13.6. The van der Waals surface area contributed by atoms with Gasteiger partial charge in [0.2, 0.25) is 0 Å². The summed E-state index contributed by atoms with van der Waals surface area (Å²) in [5.41, 5.74) is 1.76. The van der Waals surface area contributed by atoms with Gasteiger partial charge in [-0.05, 0) is 68.4 Å². The van der Waals surface area contributed by atoms with Crippen LogP contribution in [-0.2, 0) is 10.2 Å². The van der Waals surface area contributed by atoms with Gasteiger partial charge in [0.15, 0.2) is 5.78 Å². The van der Waals surface area contributed by atoms with Crippen molar-refractivity contribution in [3.05, 3.63) is 35.9 Å². The lowest BCUT2D eigenvalue weighted by Crippen LogP contribution is -2.58. The zero-order chi connectivity index (χ0) is 17.8. The molecule has 1 heterocycles. The van der Waals surface area contributed by atoms with Crippen LogP contribution in [0.5, 0.6) is 0 Å². The van der Waals surface area contributed by atoms with Gasteiger partial charge in [-0.2, -0.15) is 0 Å². The third kappa shape index (κ3) is 2.75. The van der Waals surface area contributed by atoms with Crippen molar-refractivity contribution in [3.63, 3.8) is 0 Å². The molecule has 1 aromatic carbocycles. The Balaban J connectivity index is 1.39. The van der Waals surface area contributed by atoms with Gasteiger partial charge in [0.05, 0.1) is 6.54 Å². The number of Topliss-reactive ketones (excluding diaryl/α,β-unsaturated/α-hetero) is 1. The van der Waals surface area contributed by atoms with Crippen LogP contribution < -0.4 is 0 Å². The van der Waals surface area contributed by atoms with Crippen molar-refractivity contribution in [2.24, 2.45) is 17.3 Å². The van der Waals surface area contributed by atoms with Crippen molar-refractivity contribution in [1.29, 1.82) is 0 Å². The Labute approximate surface area is 157 Å². The average molecular weight is 353 g/mol. The molecule has 0 spiro atoms. The van der Waals surface area contributed by atoms with Crippen molar-refractivity contribution in [2.45, 2.75) is 43.9 Å². The van der Waals surface area contributed by atoms with Crippen LogP contribution in [0.4, 0.5) is 0 Å². The van der Waals surface area contributed by atoms with Gasteiger partial charge in [-0.15, -0.1) is 0 Å². The lowest BCUT2D eigenvalue weighted by Gasteiger charge is -2.62. The molecule has 5 fully saturated rings. The summed E-state index contributed by atoms with van der Waals surface area (Å²) >= 11 is 0. The molecule has 140 valence electrons. The minimum atomic E-state index is -0.0245. The summed E-state index contributed by atoms with van der Waals surface area (Å²) in [6.45, 7) is 4.99. The number of hydrogen-bond acceptors (Lipinski definition) is 3. The summed E-state index contributed by atoms with van der Waals surface area (Å²) in [6, 6.07) is 11.1. The first kappa shape index (κ1) is 16.9. The molecule has 0 radical (unpaired) electrons. The van der Waals surface area contributed by atoms with Gasteiger partial charge in [-0.25, -0.2) is 0 Å². The molecule has 3 nitrogen and oxygen atoms in total. The molecule has 6 rings (SSSR count). The molecule has 0 aromatic heterocycles. The summed E-state index contributed by atoms with van der Waals surface area (Å²) in [6.07, 6.45) is 7.46. The first-order valence-corrected chi connectivity index (χ1v) is 10.6. The average Bonchev–Trinajstić information content (AvgIpc) is 2.63. The first-order chi connectivity index (χ1) is 12.6. The predicted octanol–water partition coefficient (Wildman–Crippen LogP) is 3.34. The van der Waals surface area contributed by atoms with Crippen molar-refractivity contribution < 1.29 is 4.79 Å². The highest BCUT2D eigenvalue weighted by Crippen LogP contribution is 2.66. The lowest BCUT2D eigenvalue weighted by molar-refractivity contribution is -0.148. The van der Waals surface area contributed by atoms with Gasteiger partial charge in [-0.3, -0.25) is 9.69 Å². The molecule has 2 unspecified atom stereocenters. The first-order valence-electron chi connectivity index (χ1n) is 10.6. The lowest BCUT2D eigenvalue weighted by atomic mass is 9.42. The van der Waals surface area contributed by atoms with E-state index in [9.17, 15) is 4.79 Å². The van der Waals surface area contributed by atoms with E-state index in [0.717, 1.165) is 44.4 Å². The van der Waals surface area contributed by atoms with Crippen LogP contribution >= 0.6 is 0 Å². The van der Waals surface area contributed by atoms with E-state index in [0.29, 0.717) is 12.3 Å². The molecular formula is C23H32N2O. The van der Waals surface area contributed by atoms with Crippen LogP contribution in [0, 0.1) is 17.3 Å². The van der Waals surface area contributed by atoms with E-state index >= 15 is 0 Å². The third-order valence-corrected chi connectivity index (χ3v) is 8.00. The molecule has 3 heteroatoms. The van der Waals surface area contributed by atoms with Crippen LogP contribution in [0.1, 0.15) is 44.1 Å². The number of rotatable bonds is 4. The number of nitrogens with zero attached hydrogens (tertiary/aromatic N) is 2. The second-order valence-corrected chi connectivity index (χ2v) is 9.89. The number of carbonyl (C=O) groups excluding carboxylic acids is 1. The second kappa shape index (κ2) is 6.17. The predicted molar refractivity (Wildman–Crippen MR) is 104 cm³/mol. The van der Waals surface area contributed by atoms with Crippen LogP contribution in [0.3, 0.4) is 0 Å². The topological polar surface area (TPSA) is 23.6 Å². The van der Waals surface area contributed by atoms with Crippen LogP contribution in [-0.4, -0.2) is 55.4 Å². The molecule has 1 aromatic rings. The molecule has 1 aliphatic heterocycles. The number of piperazine rings is 1. The Kier molecular flexibility index (Phi) is 4.02. The van der Waals surface area contributed by atoms with Crippen molar-refractivity contribution in [3.8, 4) is 0 Å². The van der Waals surface area contributed by atoms with Crippen molar-refractivity contribution in [2.75, 3.05) is 39.8 Å². The van der Waals surface area contributed by atoms with Crippen LogP contribution in [0.15, 0.2) is 30.3 Å². The number of likely N-dealkylation sites (N-methyl/N-ethyl adjacent to an activating group) is 1. The van der Waals surface area contributed by atoms with E-state index in [1.807, 2.05) is 0 Å². The summed E-state index contributed by atoms with van der Waals surface area (Å²) in [4.78, 5) is 18.3. The Morgan fingerprint density at radius 1 is 1.00 bits per heavy atom. The quantitative estimate of drug-likeness (QED) is 0.830. The van der Waals surface area contributed by atoms with Gasteiger partial charge in [0, 0.05) is 31.6 Å². The van der Waals surface area contributed by atoms with Gasteiger partial charge in [0.25, 0.3) is 0 Å². The number of benzene rings is 1. The van der Waals surface area contributed by atoms with E-state index in [4.69, 9.17) is 0 Å². The number of ketones is 1. The fourth-order valence-corrected chi connectivity index (χ4v) is 7.10. The molecule has 0 amide bonds. The smallest absolute Gasteiger partial charge is 0.153 e. The zero-order valence-electron chi connectivity index (χ0n) is 16.1. The summed E-state index contributed by atoms with van der Waals surface area (Å²) in [5.74, 6) is 2.11. The second-order valence-electron chi connectivity index (χ2n) is 9.89. The van der Waals surface area contributed by atoms with Gasteiger partial charge < -0.3 is 4.90 Å². The minimum absolute atomic E-state index is 0.0245. The maximum atomic E-state index is 13.6. The third-order valence-electron chi connectivity index (χ3n) is 8.00. The Morgan fingerprint density at radius 3 is 2.31 bits per heavy atom. The highest BCUT2D eigenvalue weighted by Gasteiger charge is 2.60. The van der Waals surface area contributed by atoms with E-state index in [1.165, 1.54) is 37.7 Å². The molecular weight excluding hydrogens is 320 g/mol. The minimum Gasteiger partial charge on any atom is -0.304 e. The Hall–Kier alpha value is -1.19. The molecule has 26 heavy (non-hydrogen) atoms. The largest absolute Gasteiger partial charge is 0.304 e. The molecule has 4 atom stereocenters. The standard InChI is InChI=1S/C23H32N2O/c1-24-7-9-25(10-8-24)16-21(26)23-14-18-11-19(15-23)13-22(12-18,17-23)20-5-3-2-4-6-20/h2-6,18-19H,7-17H2,1H3/t18-,19+,22?,23?. The Bertz CT molecular complexity index is 663. The van der Waals surface area contributed by atoms with Gasteiger partial charge >= 0.3 is 0 Å². The van der Waals surface area contributed by atoms with Gasteiger partial charge in [-0.1, -0.05) is 30.3 Å². The van der Waals surface area contributed by atoms with E-state index in [-0.39, 0.29) is 10.8 Å². The normalized spacial score (nSPS) is 40.0. The van der Waals surface area contributed by atoms with Crippen LogP contribution in [0.25, 0.3) is 0 Å². The summed E-state index contributed by atoms with van der Waals surface area (Å²) in [7, 11) is 2.18. The molecule has 0 N–H and O–H groups in total. The summed E-state index contributed by atoms with van der Waals surface area (Å²) in [5, 5.41) is 0. The molecule has 1 saturated heterocycles. The van der Waals surface area contributed by atoms with E-state index in [1.54, 1.807) is 0 Å². The zero-order valence-corrected chi connectivity index (χ0v) is 16.1. The molecule has 4 saturated carbocycles. The maximum Gasteiger partial charge on any atom is 0.153 e. The van der Waals surface area contributed by atoms with Gasteiger partial charge in [0.1, 0.15) is 0 Å². The fraction of sp³-hybridized carbons (Fsp3) is 0.696. The molecule has 4 aliphatic carbocycles. The highest BCUT2D eigenvalue weighted by molar-refractivity contribution is 5.87. The Morgan fingerprint density at radius 2 is 1.65 bits per heavy atom. The monoisotopic (exact) mass is 352 g/mol. The van der Waals surface area contributed by atoms with E-state index in [2.05, 4.69) is 47.2 Å². The van der Waals surface area contributed by atoms with Crippen molar-refractivity contribution in [1.82, 2.24) is 9.80 Å². The number of carbonyl (C=O) groups is 1. The number of hydrogen-bond donors (Lipinski definition) is 0. The fourth-order valence-electron chi connectivity index (χ4n) is 7.10. The van der Waals surface area contributed by atoms with Crippen molar-refractivity contribution >= 4 is 5.78 Å². The summed E-state index contributed by atoms with van der Waals surface area (Å²) < 4.78 is 0. The van der Waals surface area contributed by atoms with E-state index < -0.39 is 0 Å². The molecule has 5 aliphatic rings. The highest BCUT2D eigenvalue weighted by atomic mass is 16.1.